The second-order valence-electron chi connectivity index (χ2n) is 6.36. The standard InChI is InChI=1S/C20H22N2O3/c1-14-6-8-15(9-7-14)13-22(10-11-23)19(24)12-17-16-4-2-3-5-18(16)21-20(17)25/h2-9,17,23H,10-13H2,1H3,(H,21,25). The van der Waals surface area contributed by atoms with E-state index in [1.807, 2.05) is 55.5 Å². The number of fused-ring (bicyclic) bond motifs is 1. The first kappa shape index (κ1) is 17.2. The van der Waals surface area contributed by atoms with Crippen molar-refractivity contribution in [2.45, 2.75) is 25.8 Å². The minimum atomic E-state index is -0.470. The Kier molecular flexibility index (Phi) is 5.14. The van der Waals surface area contributed by atoms with Gasteiger partial charge >= 0.3 is 0 Å². The van der Waals surface area contributed by atoms with E-state index >= 15 is 0 Å². The van der Waals surface area contributed by atoms with Gasteiger partial charge in [0, 0.05) is 25.2 Å². The van der Waals surface area contributed by atoms with Gasteiger partial charge in [-0.05, 0) is 24.1 Å². The Morgan fingerprint density at radius 3 is 2.60 bits per heavy atom. The fraction of sp³-hybridized carbons (Fsp3) is 0.300. The second kappa shape index (κ2) is 7.49. The molecule has 0 saturated heterocycles. The first-order chi connectivity index (χ1) is 12.1. The van der Waals surface area contributed by atoms with Crippen LogP contribution in [0.3, 0.4) is 0 Å². The van der Waals surface area contributed by atoms with E-state index in [1.165, 1.54) is 0 Å². The number of hydrogen-bond donors (Lipinski definition) is 2. The number of nitrogens with zero attached hydrogens (tertiary/aromatic N) is 1. The molecule has 25 heavy (non-hydrogen) atoms. The number of para-hydroxylation sites is 1. The molecule has 2 aromatic rings. The highest BCUT2D eigenvalue weighted by Crippen LogP contribution is 2.34. The fourth-order valence-electron chi connectivity index (χ4n) is 3.11. The molecule has 0 aliphatic carbocycles. The summed E-state index contributed by atoms with van der Waals surface area (Å²) in [6.45, 7) is 2.58. The molecule has 0 spiro atoms. The SMILES string of the molecule is Cc1ccc(CN(CCO)C(=O)CC2C(=O)Nc3ccccc32)cc1. The van der Waals surface area contributed by atoms with Crippen LogP contribution in [0, 0.1) is 6.92 Å². The average Bonchev–Trinajstić information content (AvgIpc) is 2.92. The Morgan fingerprint density at radius 2 is 1.88 bits per heavy atom. The minimum Gasteiger partial charge on any atom is -0.395 e. The zero-order valence-corrected chi connectivity index (χ0v) is 14.2. The van der Waals surface area contributed by atoms with Gasteiger partial charge in [-0.25, -0.2) is 0 Å². The summed E-state index contributed by atoms with van der Waals surface area (Å²) in [5.41, 5.74) is 3.80. The van der Waals surface area contributed by atoms with Gasteiger partial charge in [0.1, 0.15) is 0 Å². The van der Waals surface area contributed by atoms with Gasteiger partial charge in [0.2, 0.25) is 11.8 Å². The summed E-state index contributed by atoms with van der Waals surface area (Å²) in [6.07, 6.45) is 0.106. The zero-order chi connectivity index (χ0) is 17.8. The van der Waals surface area contributed by atoms with Crippen molar-refractivity contribution >= 4 is 17.5 Å². The van der Waals surface area contributed by atoms with Crippen LogP contribution in [0.4, 0.5) is 5.69 Å². The Labute approximate surface area is 147 Å². The summed E-state index contributed by atoms with van der Waals surface area (Å²) in [4.78, 5) is 26.6. The number of rotatable bonds is 6. The van der Waals surface area contributed by atoms with Gasteiger partial charge in [-0.3, -0.25) is 9.59 Å². The Hall–Kier alpha value is -2.66. The van der Waals surface area contributed by atoms with Crippen molar-refractivity contribution in [3.05, 3.63) is 65.2 Å². The topological polar surface area (TPSA) is 69.6 Å². The maximum Gasteiger partial charge on any atom is 0.232 e. The summed E-state index contributed by atoms with van der Waals surface area (Å²) >= 11 is 0. The third-order valence-electron chi connectivity index (χ3n) is 4.51. The lowest BCUT2D eigenvalue weighted by molar-refractivity contribution is -0.134. The van der Waals surface area contributed by atoms with Gasteiger partial charge in [0.15, 0.2) is 0 Å². The minimum absolute atomic E-state index is 0.106. The highest BCUT2D eigenvalue weighted by molar-refractivity contribution is 6.04. The van der Waals surface area contributed by atoms with Gasteiger partial charge in [0.05, 0.1) is 12.5 Å². The number of aryl methyl sites for hydroxylation is 1. The van der Waals surface area contributed by atoms with Crippen LogP contribution >= 0.6 is 0 Å². The third-order valence-corrected chi connectivity index (χ3v) is 4.51. The second-order valence-corrected chi connectivity index (χ2v) is 6.36. The molecule has 0 saturated carbocycles. The quantitative estimate of drug-likeness (QED) is 0.850. The van der Waals surface area contributed by atoms with E-state index in [4.69, 9.17) is 0 Å². The van der Waals surface area contributed by atoms with Crippen LogP contribution in [-0.2, 0) is 16.1 Å². The smallest absolute Gasteiger partial charge is 0.232 e. The number of amides is 2. The van der Waals surface area contributed by atoms with Gasteiger partial charge in [0.25, 0.3) is 0 Å². The first-order valence-electron chi connectivity index (χ1n) is 8.42. The molecule has 0 bridgehead atoms. The van der Waals surface area contributed by atoms with Crippen molar-refractivity contribution in [2.24, 2.45) is 0 Å². The Morgan fingerprint density at radius 1 is 1.16 bits per heavy atom. The highest BCUT2D eigenvalue weighted by Gasteiger charge is 2.33. The number of hydrogen-bond acceptors (Lipinski definition) is 3. The van der Waals surface area contributed by atoms with Crippen LogP contribution in [-0.4, -0.2) is 35.0 Å². The molecule has 2 N–H and O–H groups in total. The lowest BCUT2D eigenvalue weighted by Gasteiger charge is -2.23. The van der Waals surface area contributed by atoms with Crippen molar-refractivity contribution in [2.75, 3.05) is 18.5 Å². The van der Waals surface area contributed by atoms with Gasteiger partial charge in [-0.1, -0.05) is 48.0 Å². The maximum absolute atomic E-state index is 12.8. The summed E-state index contributed by atoms with van der Waals surface area (Å²) in [5, 5.41) is 12.1. The number of aliphatic hydroxyl groups is 1. The number of carbonyl (C=O) groups is 2. The molecule has 1 unspecified atom stereocenters. The molecule has 0 aromatic heterocycles. The fourth-order valence-corrected chi connectivity index (χ4v) is 3.11. The molecular formula is C20H22N2O3. The summed E-state index contributed by atoms with van der Waals surface area (Å²) in [5.74, 6) is -0.747. The molecule has 5 nitrogen and oxygen atoms in total. The molecular weight excluding hydrogens is 316 g/mol. The monoisotopic (exact) mass is 338 g/mol. The van der Waals surface area contributed by atoms with E-state index in [0.29, 0.717) is 6.54 Å². The summed E-state index contributed by atoms with van der Waals surface area (Å²) in [6, 6.07) is 15.4. The molecule has 130 valence electrons. The lowest BCUT2D eigenvalue weighted by atomic mass is 9.96. The molecule has 1 heterocycles. The van der Waals surface area contributed by atoms with Crippen molar-refractivity contribution in [3.63, 3.8) is 0 Å². The molecule has 1 aliphatic rings. The van der Waals surface area contributed by atoms with Crippen LogP contribution < -0.4 is 5.32 Å². The molecule has 0 fully saturated rings. The van der Waals surface area contributed by atoms with Crippen LogP contribution in [0.15, 0.2) is 48.5 Å². The Balaban J connectivity index is 1.73. The normalized spacial score (nSPS) is 15.6. The maximum atomic E-state index is 12.8. The molecule has 2 aromatic carbocycles. The van der Waals surface area contributed by atoms with Crippen molar-refractivity contribution < 1.29 is 14.7 Å². The number of benzene rings is 2. The molecule has 5 heteroatoms. The van der Waals surface area contributed by atoms with E-state index < -0.39 is 5.92 Å². The predicted octanol–water partition coefficient (Wildman–Crippen LogP) is 2.44. The van der Waals surface area contributed by atoms with Crippen LogP contribution in [0.1, 0.15) is 29.0 Å². The van der Waals surface area contributed by atoms with E-state index in [9.17, 15) is 14.7 Å². The van der Waals surface area contributed by atoms with Crippen LogP contribution in [0.5, 0.6) is 0 Å². The number of aliphatic hydroxyl groups excluding tert-OH is 1. The highest BCUT2D eigenvalue weighted by atomic mass is 16.3. The van der Waals surface area contributed by atoms with Gasteiger partial charge in [-0.15, -0.1) is 0 Å². The summed E-state index contributed by atoms with van der Waals surface area (Å²) < 4.78 is 0. The van der Waals surface area contributed by atoms with Crippen molar-refractivity contribution in [3.8, 4) is 0 Å². The summed E-state index contributed by atoms with van der Waals surface area (Å²) in [7, 11) is 0. The van der Waals surface area contributed by atoms with E-state index in [-0.39, 0.29) is 31.4 Å². The van der Waals surface area contributed by atoms with Crippen LogP contribution in [0.25, 0.3) is 0 Å². The van der Waals surface area contributed by atoms with Gasteiger partial charge in [-0.2, -0.15) is 0 Å². The molecule has 2 amide bonds. The lowest BCUT2D eigenvalue weighted by Crippen LogP contribution is -2.34. The van der Waals surface area contributed by atoms with Crippen LogP contribution in [0.2, 0.25) is 0 Å². The number of nitrogens with one attached hydrogen (secondary N) is 1. The largest absolute Gasteiger partial charge is 0.395 e. The number of anilines is 1. The molecule has 3 rings (SSSR count). The van der Waals surface area contributed by atoms with Crippen molar-refractivity contribution in [1.29, 1.82) is 0 Å². The molecule has 1 aliphatic heterocycles. The predicted molar refractivity (Wildman–Crippen MR) is 96.1 cm³/mol. The first-order valence-corrected chi connectivity index (χ1v) is 8.42. The van der Waals surface area contributed by atoms with Gasteiger partial charge < -0.3 is 15.3 Å². The van der Waals surface area contributed by atoms with E-state index in [2.05, 4.69) is 5.32 Å². The zero-order valence-electron chi connectivity index (χ0n) is 14.2. The molecule has 1 atom stereocenters. The average molecular weight is 338 g/mol. The number of carbonyl (C=O) groups excluding carboxylic acids is 2. The van der Waals surface area contributed by atoms with E-state index in [1.54, 1.807) is 4.90 Å². The molecule has 0 radical (unpaired) electrons. The third kappa shape index (κ3) is 3.88. The Bertz CT molecular complexity index is 771. The van der Waals surface area contributed by atoms with Crippen molar-refractivity contribution in [1.82, 2.24) is 4.90 Å². The van der Waals surface area contributed by atoms with E-state index in [0.717, 1.165) is 22.4 Å².